The van der Waals surface area contributed by atoms with Crippen LogP contribution in [0, 0.1) is 0 Å². The average molecular weight is 241 g/mol. The minimum Gasteiger partial charge on any atom is -0.491 e. The number of hydrogen-bond acceptors (Lipinski definition) is 5. The Bertz CT molecular complexity index is 368. The monoisotopic (exact) mass is 241 g/mol. The Kier molecular flexibility index (Phi) is 4.98. The largest absolute Gasteiger partial charge is 0.491 e. The summed E-state index contributed by atoms with van der Waals surface area (Å²) in [5, 5.41) is 0. The van der Waals surface area contributed by atoms with E-state index in [0.717, 1.165) is 5.75 Å². The second kappa shape index (κ2) is 6.27. The number of methoxy groups -OCH3 is 1. The van der Waals surface area contributed by atoms with Crippen LogP contribution in [0.1, 0.15) is 10.4 Å². The van der Waals surface area contributed by atoms with Gasteiger partial charge in [0.1, 0.15) is 5.75 Å². The van der Waals surface area contributed by atoms with Crippen LogP contribution in [0.15, 0.2) is 18.2 Å². The summed E-state index contributed by atoms with van der Waals surface area (Å²) in [5.41, 5.74) is 6.69. The molecule has 0 radical (unpaired) electrons. The van der Waals surface area contributed by atoms with Crippen LogP contribution in [0.5, 0.6) is 5.75 Å². The Morgan fingerprint density at radius 2 is 2.25 bits per heavy atom. The van der Waals surface area contributed by atoms with E-state index in [2.05, 4.69) is 4.74 Å². The molecule has 0 heterocycles. The minimum absolute atomic E-state index is 0.394. The minimum atomic E-state index is -0.394. The van der Waals surface area contributed by atoms with Gasteiger partial charge in [-0.25, -0.2) is 4.79 Å². The number of nitrogen functional groups attached to an aromatic ring is 1. The van der Waals surface area contributed by atoms with Crippen LogP contribution in [0.2, 0.25) is 0 Å². The van der Waals surface area contributed by atoms with Crippen molar-refractivity contribution in [3.63, 3.8) is 0 Å². The lowest BCUT2D eigenvalue weighted by molar-refractivity contribution is 0.0600. The second-order valence-corrected chi connectivity index (χ2v) is 4.07. The summed E-state index contributed by atoms with van der Waals surface area (Å²) in [6.45, 7) is 0.565. The van der Waals surface area contributed by atoms with Gasteiger partial charge in [-0.3, -0.25) is 0 Å². The first-order chi connectivity index (χ1) is 7.69. The molecule has 1 aromatic carbocycles. The van der Waals surface area contributed by atoms with Crippen molar-refractivity contribution in [2.75, 3.05) is 31.5 Å². The van der Waals surface area contributed by atoms with E-state index in [1.165, 1.54) is 7.11 Å². The molecule has 0 bridgehead atoms. The number of ether oxygens (including phenoxy) is 2. The van der Waals surface area contributed by atoms with Crippen LogP contribution in [-0.2, 0) is 4.74 Å². The van der Waals surface area contributed by atoms with E-state index in [1.807, 2.05) is 6.26 Å². The quantitative estimate of drug-likeness (QED) is 0.484. The van der Waals surface area contributed by atoms with Crippen molar-refractivity contribution in [3.05, 3.63) is 23.8 Å². The molecule has 4 nitrogen and oxygen atoms in total. The number of nitrogens with two attached hydrogens (primary N) is 1. The Balaban J connectivity index is 2.78. The first-order valence-electron chi connectivity index (χ1n) is 4.78. The highest BCUT2D eigenvalue weighted by Crippen LogP contribution is 2.23. The molecular weight excluding hydrogens is 226 g/mol. The molecule has 0 spiro atoms. The standard InChI is InChI=1S/C11H15NO3S/c1-14-11(13)8-3-4-9(12)10(7-8)15-5-6-16-2/h3-4,7H,5-6,12H2,1-2H3. The molecule has 0 amide bonds. The summed E-state index contributed by atoms with van der Waals surface area (Å²) in [5.74, 6) is 1.01. The van der Waals surface area contributed by atoms with Gasteiger partial charge in [0.05, 0.1) is 25.0 Å². The highest BCUT2D eigenvalue weighted by Gasteiger charge is 2.08. The van der Waals surface area contributed by atoms with Crippen molar-refractivity contribution in [1.29, 1.82) is 0 Å². The molecule has 1 aromatic rings. The molecule has 0 aliphatic rings. The Labute approximate surface area is 99.1 Å². The number of carbonyl (C=O) groups is 1. The molecule has 2 N–H and O–H groups in total. The van der Waals surface area contributed by atoms with Crippen molar-refractivity contribution in [3.8, 4) is 5.75 Å². The number of thioether (sulfide) groups is 1. The van der Waals surface area contributed by atoms with Gasteiger partial charge >= 0.3 is 5.97 Å². The molecule has 16 heavy (non-hydrogen) atoms. The normalized spacial score (nSPS) is 9.88. The van der Waals surface area contributed by atoms with E-state index in [4.69, 9.17) is 10.5 Å². The zero-order valence-electron chi connectivity index (χ0n) is 9.36. The van der Waals surface area contributed by atoms with Crippen LogP contribution >= 0.6 is 11.8 Å². The zero-order valence-corrected chi connectivity index (χ0v) is 10.2. The predicted molar refractivity (Wildman–Crippen MR) is 66.1 cm³/mol. The maximum Gasteiger partial charge on any atom is 0.337 e. The third-order valence-electron chi connectivity index (χ3n) is 1.98. The Morgan fingerprint density at radius 3 is 2.88 bits per heavy atom. The van der Waals surface area contributed by atoms with Gasteiger partial charge in [0.25, 0.3) is 0 Å². The highest BCUT2D eigenvalue weighted by molar-refractivity contribution is 7.98. The lowest BCUT2D eigenvalue weighted by atomic mass is 10.2. The molecule has 0 saturated carbocycles. The molecule has 88 valence electrons. The van der Waals surface area contributed by atoms with Gasteiger partial charge in [0.2, 0.25) is 0 Å². The van der Waals surface area contributed by atoms with Crippen molar-refractivity contribution in [1.82, 2.24) is 0 Å². The number of anilines is 1. The van der Waals surface area contributed by atoms with E-state index in [-0.39, 0.29) is 0 Å². The van der Waals surface area contributed by atoms with Crippen molar-refractivity contribution >= 4 is 23.4 Å². The maximum absolute atomic E-state index is 11.3. The fourth-order valence-corrected chi connectivity index (χ4v) is 1.39. The van der Waals surface area contributed by atoms with Gasteiger partial charge in [0, 0.05) is 5.75 Å². The van der Waals surface area contributed by atoms with E-state index < -0.39 is 5.97 Å². The molecule has 1 rings (SSSR count). The molecule has 0 aliphatic carbocycles. The third kappa shape index (κ3) is 3.34. The van der Waals surface area contributed by atoms with Crippen LogP contribution in [-0.4, -0.2) is 31.7 Å². The van der Waals surface area contributed by atoms with Crippen molar-refractivity contribution in [2.24, 2.45) is 0 Å². The first kappa shape index (κ1) is 12.7. The van der Waals surface area contributed by atoms with Gasteiger partial charge in [-0.15, -0.1) is 0 Å². The van der Waals surface area contributed by atoms with Gasteiger partial charge in [0.15, 0.2) is 0 Å². The maximum atomic E-state index is 11.3. The highest BCUT2D eigenvalue weighted by atomic mass is 32.2. The number of esters is 1. The van der Waals surface area contributed by atoms with Crippen LogP contribution in [0.4, 0.5) is 5.69 Å². The summed E-state index contributed by atoms with van der Waals surface area (Å²) in [4.78, 5) is 11.3. The number of rotatable bonds is 5. The van der Waals surface area contributed by atoms with Gasteiger partial charge in [-0.2, -0.15) is 11.8 Å². The third-order valence-corrected chi connectivity index (χ3v) is 2.55. The zero-order chi connectivity index (χ0) is 12.0. The fraction of sp³-hybridized carbons (Fsp3) is 0.364. The molecule has 5 heteroatoms. The summed E-state index contributed by atoms with van der Waals surface area (Å²) in [6.07, 6.45) is 2.00. The number of benzene rings is 1. The molecular formula is C11H15NO3S. The smallest absolute Gasteiger partial charge is 0.337 e. The van der Waals surface area contributed by atoms with E-state index in [1.54, 1.807) is 30.0 Å². The topological polar surface area (TPSA) is 61.5 Å². The van der Waals surface area contributed by atoms with Gasteiger partial charge in [-0.1, -0.05) is 0 Å². The predicted octanol–water partition coefficient (Wildman–Crippen LogP) is 1.80. The fourth-order valence-electron chi connectivity index (χ4n) is 1.14. The molecule has 0 aromatic heterocycles. The van der Waals surface area contributed by atoms with Crippen molar-refractivity contribution in [2.45, 2.75) is 0 Å². The summed E-state index contributed by atoms with van der Waals surface area (Å²) >= 11 is 1.68. The second-order valence-electron chi connectivity index (χ2n) is 3.09. The van der Waals surface area contributed by atoms with Crippen LogP contribution in [0.25, 0.3) is 0 Å². The molecule has 0 unspecified atom stereocenters. The molecule has 0 saturated heterocycles. The number of hydrogen-bond donors (Lipinski definition) is 1. The Hall–Kier alpha value is -1.36. The number of carbonyl (C=O) groups excluding carboxylic acids is 1. The lowest BCUT2D eigenvalue weighted by Gasteiger charge is -2.09. The Morgan fingerprint density at radius 1 is 1.50 bits per heavy atom. The molecule has 0 fully saturated rings. The average Bonchev–Trinajstić information content (AvgIpc) is 2.31. The van der Waals surface area contributed by atoms with Crippen LogP contribution in [0.3, 0.4) is 0 Å². The van der Waals surface area contributed by atoms with Crippen molar-refractivity contribution < 1.29 is 14.3 Å². The molecule has 0 aliphatic heterocycles. The summed E-state index contributed by atoms with van der Waals surface area (Å²) < 4.78 is 10.1. The van der Waals surface area contributed by atoms with E-state index in [9.17, 15) is 4.79 Å². The summed E-state index contributed by atoms with van der Waals surface area (Å²) in [6, 6.07) is 4.85. The van der Waals surface area contributed by atoms with E-state index in [0.29, 0.717) is 23.6 Å². The van der Waals surface area contributed by atoms with Gasteiger partial charge in [-0.05, 0) is 24.5 Å². The lowest BCUT2D eigenvalue weighted by Crippen LogP contribution is -2.06. The van der Waals surface area contributed by atoms with Gasteiger partial charge < -0.3 is 15.2 Å². The van der Waals surface area contributed by atoms with Crippen LogP contribution < -0.4 is 10.5 Å². The summed E-state index contributed by atoms with van der Waals surface area (Å²) in [7, 11) is 1.34. The van der Waals surface area contributed by atoms with E-state index >= 15 is 0 Å². The molecule has 0 atom stereocenters. The SMILES string of the molecule is COC(=O)c1ccc(N)c(OCCSC)c1. The first-order valence-corrected chi connectivity index (χ1v) is 6.18.